The molecule has 1 aromatic heterocycles. The number of nitrogens with zero attached hydrogens (tertiary/aromatic N) is 2. The molecule has 1 fully saturated rings. The fourth-order valence-electron chi connectivity index (χ4n) is 3.88. The number of pyridine rings is 1. The van der Waals surface area contributed by atoms with E-state index >= 15 is 0 Å². The molecular weight excluding hydrogens is 423 g/mol. The highest BCUT2D eigenvalue weighted by Gasteiger charge is 2.48. The number of rotatable bonds is 6. The van der Waals surface area contributed by atoms with Crippen LogP contribution in [0.1, 0.15) is 36.1 Å². The lowest BCUT2D eigenvalue weighted by atomic mass is 9.94. The van der Waals surface area contributed by atoms with Crippen LogP contribution in [-0.4, -0.2) is 28.4 Å². The van der Waals surface area contributed by atoms with E-state index in [1.54, 1.807) is 42.5 Å². The van der Waals surface area contributed by atoms with Crippen LogP contribution in [0.2, 0.25) is 0 Å². The fourth-order valence-corrected chi connectivity index (χ4v) is 3.88. The second-order valence-corrected chi connectivity index (χ2v) is 7.71. The molecule has 7 heteroatoms. The first kappa shape index (κ1) is 22.2. The first-order valence-electron chi connectivity index (χ1n) is 10.6. The van der Waals surface area contributed by atoms with E-state index < -0.39 is 23.5 Å². The van der Waals surface area contributed by atoms with Crippen LogP contribution in [0.3, 0.4) is 0 Å². The lowest BCUT2D eigenvalue weighted by Crippen LogP contribution is -2.30. The summed E-state index contributed by atoms with van der Waals surface area (Å²) in [4.78, 5) is 31.4. The normalized spacial score (nSPS) is 17.4. The van der Waals surface area contributed by atoms with Gasteiger partial charge in [0.15, 0.2) is 0 Å². The molecule has 1 saturated heterocycles. The number of aliphatic hydroxyl groups excluding tert-OH is 1. The van der Waals surface area contributed by atoms with Gasteiger partial charge in [-0.1, -0.05) is 31.2 Å². The zero-order valence-electron chi connectivity index (χ0n) is 18.3. The van der Waals surface area contributed by atoms with Crippen molar-refractivity contribution in [3.8, 4) is 5.75 Å². The molecule has 0 aliphatic carbocycles. The monoisotopic (exact) mass is 446 g/mol. The van der Waals surface area contributed by atoms with Crippen LogP contribution in [-0.2, 0) is 9.59 Å². The largest absolute Gasteiger partial charge is 0.507 e. The molecule has 1 unspecified atom stereocenters. The van der Waals surface area contributed by atoms with Crippen LogP contribution >= 0.6 is 0 Å². The molecule has 1 N–H and O–H groups in total. The van der Waals surface area contributed by atoms with Crippen molar-refractivity contribution in [2.75, 3.05) is 11.5 Å². The minimum Gasteiger partial charge on any atom is -0.507 e. The summed E-state index contributed by atoms with van der Waals surface area (Å²) in [6.07, 6.45) is 2.33. The van der Waals surface area contributed by atoms with Gasteiger partial charge in [0, 0.05) is 17.3 Å². The Bertz CT molecular complexity index is 1240. The molecule has 2 aromatic carbocycles. The standard InChI is InChI=1S/C26H23FN2O4/c1-3-14-33-20-12-11-17(15-16(20)2)24(30)22-23(18-8-4-5-9-19(18)27)29(26(32)25(22)31)21-10-6-7-13-28-21/h4-13,15,23,30H,3,14H2,1-2H3/b24-22-. The van der Waals surface area contributed by atoms with Gasteiger partial charge in [-0.2, -0.15) is 0 Å². The summed E-state index contributed by atoms with van der Waals surface area (Å²) in [6, 6.07) is 14.6. The Morgan fingerprint density at radius 1 is 1.12 bits per heavy atom. The fraction of sp³-hybridized carbons (Fsp3) is 0.192. The van der Waals surface area contributed by atoms with Crippen LogP contribution in [0.25, 0.3) is 5.76 Å². The Morgan fingerprint density at radius 2 is 1.88 bits per heavy atom. The number of halogens is 1. The zero-order valence-corrected chi connectivity index (χ0v) is 18.3. The summed E-state index contributed by atoms with van der Waals surface area (Å²) in [5.41, 5.74) is 0.978. The van der Waals surface area contributed by atoms with Crippen LogP contribution in [0.4, 0.5) is 10.2 Å². The van der Waals surface area contributed by atoms with E-state index in [0.29, 0.717) is 17.9 Å². The first-order valence-corrected chi connectivity index (χ1v) is 10.6. The Hall–Kier alpha value is -4.00. The van der Waals surface area contributed by atoms with Crippen LogP contribution in [0.15, 0.2) is 72.4 Å². The number of anilines is 1. The molecule has 0 spiro atoms. The maximum atomic E-state index is 14.9. The second kappa shape index (κ2) is 9.24. The third-order valence-electron chi connectivity index (χ3n) is 5.45. The van der Waals surface area contributed by atoms with Gasteiger partial charge in [-0.15, -0.1) is 0 Å². The Morgan fingerprint density at radius 3 is 2.55 bits per heavy atom. The number of ether oxygens (including phenoxy) is 1. The van der Waals surface area contributed by atoms with Gasteiger partial charge in [-0.3, -0.25) is 14.5 Å². The van der Waals surface area contributed by atoms with E-state index in [9.17, 15) is 19.1 Å². The summed E-state index contributed by atoms with van der Waals surface area (Å²) >= 11 is 0. The lowest BCUT2D eigenvalue weighted by molar-refractivity contribution is -0.132. The molecule has 0 saturated carbocycles. The highest BCUT2D eigenvalue weighted by atomic mass is 19.1. The number of benzene rings is 2. The van der Waals surface area contributed by atoms with Gasteiger partial charge in [0.25, 0.3) is 5.78 Å². The van der Waals surface area contributed by atoms with Crippen LogP contribution in [0.5, 0.6) is 5.75 Å². The molecule has 1 amide bonds. The number of Topliss-reactive ketones (excluding diaryl/α,β-unsaturated/α-hetero) is 1. The number of aliphatic hydroxyl groups is 1. The number of hydrogen-bond donors (Lipinski definition) is 1. The molecule has 168 valence electrons. The molecule has 33 heavy (non-hydrogen) atoms. The minimum absolute atomic E-state index is 0.0866. The van der Waals surface area contributed by atoms with Gasteiger partial charge < -0.3 is 9.84 Å². The van der Waals surface area contributed by atoms with Crippen molar-refractivity contribution in [3.63, 3.8) is 0 Å². The predicted octanol–water partition coefficient (Wildman–Crippen LogP) is 4.94. The summed E-state index contributed by atoms with van der Waals surface area (Å²) in [5.74, 6) is -1.93. The third kappa shape index (κ3) is 4.09. The smallest absolute Gasteiger partial charge is 0.301 e. The van der Waals surface area contributed by atoms with Crippen molar-refractivity contribution < 1.29 is 23.8 Å². The number of hydrogen-bond acceptors (Lipinski definition) is 5. The molecule has 6 nitrogen and oxygen atoms in total. The van der Waals surface area contributed by atoms with Crippen molar-refractivity contribution in [1.82, 2.24) is 4.98 Å². The van der Waals surface area contributed by atoms with E-state index in [1.807, 2.05) is 13.8 Å². The quantitative estimate of drug-likeness (QED) is 0.329. The van der Waals surface area contributed by atoms with Gasteiger partial charge >= 0.3 is 5.91 Å². The SMILES string of the molecule is CCCOc1ccc(/C(O)=C2/C(=O)C(=O)N(c3ccccn3)C2c2ccccc2F)cc1C. The molecule has 0 radical (unpaired) electrons. The molecule has 0 bridgehead atoms. The van der Waals surface area contributed by atoms with E-state index in [1.165, 1.54) is 24.4 Å². The van der Waals surface area contributed by atoms with Crippen molar-refractivity contribution in [1.29, 1.82) is 0 Å². The number of carbonyl (C=O) groups excluding carboxylic acids is 2. The average Bonchev–Trinajstić information content (AvgIpc) is 3.09. The van der Waals surface area contributed by atoms with Gasteiger partial charge in [0.05, 0.1) is 18.2 Å². The number of amides is 1. The summed E-state index contributed by atoms with van der Waals surface area (Å²) in [6.45, 7) is 4.37. The van der Waals surface area contributed by atoms with Gasteiger partial charge in [0.2, 0.25) is 0 Å². The molecule has 3 aromatic rings. The highest BCUT2D eigenvalue weighted by Crippen LogP contribution is 2.42. The highest BCUT2D eigenvalue weighted by molar-refractivity contribution is 6.51. The van der Waals surface area contributed by atoms with Crippen molar-refractivity contribution in [2.24, 2.45) is 0 Å². The molecule has 4 rings (SSSR count). The average molecular weight is 446 g/mol. The predicted molar refractivity (Wildman–Crippen MR) is 122 cm³/mol. The molecule has 1 aliphatic heterocycles. The van der Waals surface area contributed by atoms with Gasteiger partial charge in [-0.05, 0) is 55.3 Å². The van der Waals surface area contributed by atoms with E-state index in [0.717, 1.165) is 16.9 Å². The van der Waals surface area contributed by atoms with Crippen molar-refractivity contribution in [3.05, 3.63) is 94.9 Å². The Kier molecular flexibility index (Phi) is 6.22. The lowest BCUT2D eigenvalue weighted by Gasteiger charge is -2.24. The van der Waals surface area contributed by atoms with Crippen molar-refractivity contribution >= 4 is 23.3 Å². The minimum atomic E-state index is -1.17. The maximum absolute atomic E-state index is 14.9. The van der Waals surface area contributed by atoms with Gasteiger partial charge in [-0.25, -0.2) is 9.37 Å². The van der Waals surface area contributed by atoms with E-state index in [4.69, 9.17) is 4.74 Å². The molecule has 2 heterocycles. The number of aryl methyl sites for hydroxylation is 1. The first-order chi connectivity index (χ1) is 15.9. The molecule has 1 atom stereocenters. The Labute approximate surface area is 191 Å². The zero-order chi connectivity index (χ0) is 23.5. The van der Waals surface area contributed by atoms with Crippen LogP contribution < -0.4 is 9.64 Å². The topological polar surface area (TPSA) is 79.7 Å². The number of ketones is 1. The maximum Gasteiger partial charge on any atom is 0.301 e. The van der Waals surface area contributed by atoms with Crippen LogP contribution in [0, 0.1) is 12.7 Å². The molecular formula is C26H23FN2O4. The third-order valence-corrected chi connectivity index (χ3v) is 5.45. The van der Waals surface area contributed by atoms with E-state index in [2.05, 4.69) is 4.98 Å². The summed E-state index contributed by atoms with van der Waals surface area (Å²) < 4.78 is 20.5. The molecule has 1 aliphatic rings. The Balaban J connectivity index is 1.89. The number of carbonyl (C=O) groups is 2. The number of aromatic nitrogens is 1. The second-order valence-electron chi connectivity index (χ2n) is 7.71. The summed E-state index contributed by atoms with van der Waals surface area (Å²) in [5, 5.41) is 11.2. The van der Waals surface area contributed by atoms with E-state index in [-0.39, 0.29) is 22.7 Å². The van der Waals surface area contributed by atoms with Gasteiger partial charge in [0.1, 0.15) is 23.1 Å². The summed E-state index contributed by atoms with van der Waals surface area (Å²) in [7, 11) is 0. The van der Waals surface area contributed by atoms with Crippen molar-refractivity contribution in [2.45, 2.75) is 26.3 Å².